The van der Waals surface area contributed by atoms with Crippen LogP contribution in [-0.2, 0) is 24.3 Å². The molecule has 7 nitrogen and oxygen atoms in total. The van der Waals surface area contributed by atoms with Crippen LogP contribution in [0.2, 0.25) is 10.0 Å². The maximum atomic E-state index is 13.7. The summed E-state index contributed by atoms with van der Waals surface area (Å²) in [4.78, 5) is 31.7. The minimum Gasteiger partial charge on any atom is -0.361 e. The zero-order chi connectivity index (χ0) is 26.6. The fourth-order valence-electron chi connectivity index (χ4n) is 4.73. The van der Waals surface area contributed by atoms with E-state index in [2.05, 4.69) is 16.0 Å². The van der Waals surface area contributed by atoms with Crippen molar-refractivity contribution in [2.24, 2.45) is 0 Å². The predicted molar refractivity (Wildman–Crippen MR) is 150 cm³/mol. The molecule has 3 aromatic carbocycles. The van der Waals surface area contributed by atoms with Gasteiger partial charge < -0.3 is 9.88 Å². The van der Waals surface area contributed by atoms with Crippen molar-refractivity contribution in [3.05, 3.63) is 110 Å². The highest BCUT2D eigenvalue weighted by Gasteiger charge is 2.31. The molecule has 0 spiro atoms. The fraction of sp³-hybridized carbons (Fsp3) is 0.276. The van der Waals surface area contributed by atoms with Gasteiger partial charge in [-0.05, 0) is 54.2 Å². The third kappa shape index (κ3) is 6.35. The Morgan fingerprint density at radius 2 is 1.71 bits per heavy atom. The number of nitrogens with zero attached hydrogens (tertiary/aromatic N) is 3. The van der Waals surface area contributed by atoms with Crippen molar-refractivity contribution < 1.29 is 9.72 Å². The van der Waals surface area contributed by atoms with Gasteiger partial charge in [-0.2, -0.15) is 0 Å². The summed E-state index contributed by atoms with van der Waals surface area (Å²) in [6.07, 6.45) is 4.81. The molecule has 1 amide bonds. The van der Waals surface area contributed by atoms with Gasteiger partial charge in [0.15, 0.2) is 0 Å². The molecule has 1 aliphatic carbocycles. The smallest absolute Gasteiger partial charge is 0.269 e. The summed E-state index contributed by atoms with van der Waals surface area (Å²) in [5.74, 6) is 0.0322. The molecule has 1 saturated carbocycles. The Labute approximate surface area is 231 Å². The normalized spacial score (nSPS) is 13.2. The molecular weight excluding hydrogens is 523 g/mol. The van der Waals surface area contributed by atoms with E-state index in [0.717, 1.165) is 40.4 Å². The van der Waals surface area contributed by atoms with Crippen molar-refractivity contribution in [1.82, 2.24) is 14.8 Å². The van der Waals surface area contributed by atoms with Gasteiger partial charge in [-0.3, -0.25) is 19.8 Å². The van der Waals surface area contributed by atoms with E-state index >= 15 is 0 Å². The lowest BCUT2D eigenvalue weighted by Gasteiger charge is -2.28. The number of H-pyrrole nitrogens is 1. The van der Waals surface area contributed by atoms with Crippen LogP contribution < -0.4 is 0 Å². The molecule has 196 valence electrons. The van der Waals surface area contributed by atoms with Gasteiger partial charge >= 0.3 is 0 Å². The average molecular weight is 551 g/mol. The Morgan fingerprint density at radius 1 is 0.974 bits per heavy atom. The molecule has 0 radical (unpaired) electrons. The number of fused-ring (bicyclic) bond motifs is 1. The van der Waals surface area contributed by atoms with Crippen LogP contribution in [0.5, 0.6) is 0 Å². The number of para-hydroxylation sites is 1. The van der Waals surface area contributed by atoms with E-state index in [9.17, 15) is 14.9 Å². The Bertz CT molecular complexity index is 1450. The quantitative estimate of drug-likeness (QED) is 0.168. The third-order valence-corrected chi connectivity index (χ3v) is 7.71. The Hall–Kier alpha value is -3.39. The minimum absolute atomic E-state index is 0.0322. The molecule has 4 aromatic rings. The number of nitrogens with one attached hydrogen (secondary N) is 1. The molecule has 1 N–H and O–H groups in total. The molecule has 0 aliphatic heterocycles. The lowest BCUT2D eigenvalue weighted by molar-refractivity contribution is -0.384. The fourth-order valence-corrected chi connectivity index (χ4v) is 5.05. The molecule has 9 heteroatoms. The molecule has 0 unspecified atom stereocenters. The zero-order valence-electron chi connectivity index (χ0n) is 20.8. The van der Waals surface area contributed by atoms with Crippen molar-refractivity contribution >= 4 is 45.7 Å². The van der Waals surface area contributed by atoms with Crippen molar-refractivity contribution in [2.45, 2.75) is 38.4 Å². The summed E-state index contributed by atoms with van der Waals surface area (Å²) >= 11 is 12.4. The number of carbonyl (C=O) groups excluding carboxylic acids is 1. The summed E-state index contributed by atoms with van der Waals surface area (Å²) in [6, 6.07) is 20.5. The van der Waals surface area contributed by atoms with Crippen LogP contribution in [-0.4, -0.2) is 44.7 Å². The Morgan fingerprint density at radius 3 is 2.42 bits per heavy atom. The van der Waals surface area contributed by atoms with Crippen LogP contribution >= 0.6 is 23.2 Å². The predicted octanol–water partition coefficient (Wildman–Crippen LogP) is 6.62. The number of non-ortho nitro benzene ring substituents is 1. The number of aromatic amines is 1. The molecule has 0 saturated heterocycles. The second-order valence-corrected chi connectivity index (χ2v) is 10.5. The first-order chi connectivity index (χ1) is 18.4. The molecule has 1 aromatic heterocycles. The van der Waals surface area contributed by atoms with Gasteiger partial charge in [-0.15, -0.1) is 0 Å². The number of carbonyl (C=O) groups is 1. The Balaban J connectivity index is 1.32. The molecule has 5 rings (SSSR count). The number of hydrogen-bond donors (Lipinski definition) is 1. The molecule has 1 aliphatic rings. The van der Waals surface area contributed by atoms with E-state index in [1.54, 1.807) is 18.2 Å². The number of rotatable bonds is 11. The van der Waals surface area contributed by atoms with Gasteiger partial charge in [-0.1, -0.05) is 59.6 Å². The number of nitro benzene ring substituents is 1. The topological polar surface area (TPSA) is 82.5 Å². The van der Waals surface area contributed by atoms with Crippen molar-refractivity contribution in [3.8, 4) is 0 Å². The lowest BCUT2D eigenvalue weighted by atomic mass is 10.1. The molecule has 1 fully saturated rings. The maximum Gasteiger partial charge on any atom is 0.269 e. The lowest BCUT2D eigenvalue weighted by Crippen LogP contribution is -2.41. The van der Waals surface area contributed by atoms with Crippen molar-refractivity contribution in [1.29, 1.82) is 0 Å². The van der Waals surface area contributed by atoms with Gasteiger partial charge in [0, 0.05) is 54.9 Å². The van der Waals surface area contributed by atoms with Crippen LogP contribution in [0.25, 0.3) is 10.9 Å². The van der Waals surface area contributed by atoms with Crippen molar-refractivity contribution in [2.75, 3.05) is 13.1 Å². The first-order valence-corrected chi connectivity index (χ1v) is 13.4. The average Bonchev–Trinajstić information content (AvgIpc) is 3.68. The number of benzene rings is 3. The first kappa shape index (κ1) is 26.2. The van der Waals surface area contributed by atoms with E-state index in [4.69, 9.17) is 23.2 Å². The van der Waals surface area contributed by atoms with Gasteiger partial charge in [0.05, 0.1) is 21.5 Å². The number of halogens is 2. The minimum atomic E-state index is -0.402. The van der Waals surface area contributed by atoms with E-state index < -0.39 is 4.92 Å². The van der Waals surface area contributed by atoms with E-state index in [-0.39, 0.29) is 18.1 Å². The highest BCUT2D eigenvalue weighted by molar-refractivity contribution is 6.42. The Kier molecular flexibility index (Phi) is 7.98. The standard InChI is InChI=1S/C29H28Cl2N4O3/c30-26-12-7-21(15-27(26)31)18-33(14-13-22-16-32-28-4-2-1-3-25(22)28)29(36)19-34(23-10-11-23)17-20-5-8-24(9-6-20)35(37)38/h1-9,12,15-16,23,32H,10-11,13-14,17-19H2. The highest BCUT2D eigenvalue weighted by atomic mass is 35.5. The zero-order valence-corrected chi connectivity index (χ0v) is 22.3. The van der Waals surface area contributed by atoms with Gasteiger partial charge in [0.2, 0.25) is 5.91 Å². The molecular formula is C29H28Cl2N4O3. The van der Waals surface area contributed by atoms with E-state index in [1.165, 1.54) is 12.1 Å². The molecule has 1 heterocycles. The molecule has 0 atom stereocenters. The maximum absolute atomic E-state index is 13.7. The molecule has 0 bridgehead atoms. The van der Waals surface area contributed by atoms with Gasteiger partial charge in [0.25, 0.3) is 5.69 Å². The summed E-state index contributed by atoms with van der Waals surface area (Å²) in [6.45, 7) is 1.82. The van der Waals surface area contributed by atoms with Crippen LogP contribution in [0.15, 0.2) is 72.9 Å². The summed E-state index contributed by atoms with van der Waals surface area (Å²) in [5, 5.41) is 13.1. The number of amides is 1. The number of aromatic nitrogens is 1. The number of nitro groups is 1. The third-order valence-electron chi connectivity index (χ3n) is 6.97. The first-order valence-electron chi connectivity index (χ1n) is 12.6. The van der Waals surface area contributed by atoms with Crippen molar-refractivity contribution in [3.63, 3.8) is 0 Å². The highest BCUT2D eigenvalue weighted by Crippen LogP contribution is 2.29. The summed E-state index contributed by atoms with van der Waals surface area (Å²) in [7, 11) is 0. The van der Waals surface area contributed by atoms with Crippen LogP contribution in [0.4, 0.5) is 5.69 Å². The second kappa shape index (κ2) is 11.6. The van der Waals surface area contributed by atoms with Crippen LogP contribution in [0.1, 0.15) is 29.5 Å². The van der Waals surface area contributed by atoms with Gasteiger partial charge in [0.1, 0.15) is 0 Å². The second-order valence-electron chi connectivity index (χ2n) is 9.73. The van der Waals surface area contributed by atoms with Gasteiger partial charge in [-0.25, -0.2) is 0 Å². The van der Waals surface area contributed by atoms with E-state index in [0.29, 0.717) is 42.1 Å². The van der Waals surface area contributed by atoms with Crippen LogP contribution in [0, 0.1) is 10.1 Å². The molecule has 38 heavy (non-hydrogen) atoms. The summed E-state index contributed by atoms with van der Waals surface area (Å²) < 4.78 is 0. The SMILES string of the molecule is O=C(CN(Cc1ccc([N+](=O)[O-])cc1)C1CC1)N(CCc1c[nH]c2ccccc12)Cc1ccc(Cl)c(Cl)c1. The number of hydrogen-bond acceptors (Lipinski definition) is 4. The monoisotopic (exact) mass is 550 g/mol. The largest absolute Gasteiger partial charge is 0.361 e. The van der Waals surface area contributed by atoms with E-state index in [1.807, 2.05) is 41.4 Å². The van der Waals surface area contributed by atoms with Crippen LogP contribution in [0.3, 0.4) is 0 Å². The summed E-state index contributed by atoms with van der Waals surface area (Å²) in [5.41, 5.74) is 4.17.